The largest absolute Gasteiger partial charge is 0.461 e. The van der Waals surface area contributed by atoms with Crippen molar-refractivity contribution in [2.45, 2.75) is 26.6 Å². The van der Waals surface area contributed by atoms with Crippen LogP contribution in [0.5, 0.6) is 0 Å². The van der Waals surface area contributed by atoms with Gasteiger partial charge in [-0.05, 0) is 35.6 Å². The maximum atomic E-state index is 13.1. The molecular weight excluding hydrogens is 355 g/mol. The zero-order valence-corrected chi connectivity index (χ0v) is 13.5. The van der Waals surface area contributed by atoms with Crippen molar-refractivity contribution in [2.24, 2.45) is 17.3 Å². The standard InChI is InChI=1S/C16H14ClF5O2/c1-15(2)10(6-12(19)16(20,21)22)13(15)14(23)24-7-8-5-9(18)3-4-11(8)17/h3-6,10,13H,7H2,1-2H3/b12-6-/t10-,13-/m1/s1. The molecule has 1 aliphatic rings. The summed E-state index contributed by atoms with van der Waals surface area (Å²) in [5, 5.41) is 0.193. The molecule has 2 atom stereocenters. The SMILES string of the molecule is CC1(C)[C@H](/C=C(\F)C(F)(F)F)[C@@H]1C(=O)OCc1cc(F)ccc1Cl. The van der Waals surface area contributed by atoms with Crippen LogP contribution < -0.4 is 0 Å². The van der Waals surface area contributed by atoms with Crippen LogP contribution in [0, 0.1) is 23.1 Å². The smallest absolute Gasteiger partial charge is 0.442 e. The summed E-state index contributed by atoms with van der Waals surface area (Å²) in [7, 11) is 0. The van der Waals surface area contributed by atoms with E-state index in [0.717, 1.165) is 12.1 Å². The quantitative estimate of drug-likeness (QED) is 0.538. The Balaban J connectivity index is 2.04. The molecular formula is C16H14ClF5O2. The van der Waals surface area contributed by atoms with Gasteiger partial charge in [0.05, 0.1) is 5.92 Å². The van der Waals surface area contributed by atoms with Gasteiger partial charge in [-0.25, -0.2) is 8.78 Å². The molecule has 1 aromatic carbocycles. The lowest BCUT2D eigenvalue weighted by Crippen LogP contribution is -2.11. The number of ether oxygens (including phenoxy) is 1. The molecule has 0 unspecified atom stereocenters. The van der Waals surface area contributed by atoms with Gasteiger partial charge in [-0.3, -0.25) is 4.79 Å². The molecule has 132 valence electrons. The monoisotopic (exact) mass is 368 g/mol. The fourth-order valence-corrected chi connectivity index (χ4v) is 2.76. The van der Waals surface area contributed by atoms with E-state index in [-0.39, 0.29) is 17.2 Å². The molecule has 0 amide bonds. The van der Waals surface area contributed by atoms with Gasteiger partial charge in [0.25, 0.3) is 0 Å². The highest BCUT2D eigenvalue weighted by molar-refractivity contribution is 6.31. The van der Waals surface area contributed by atoms with Crippen LogP contribution in [0.25, 0.3) is 0 Å². The molecule has 0 bridgehead atoms. The molecule has 1 saturated carbocycles. The molecule has 0 aromatic heterocycles. The summed E-state index contributed by atoms with van der Waals surface area (Å²) in [4.78, 5) is 12.0. The van der Waals surface area contributed by atoms with Crippen molar-refractivity contribution in [1.82, 2.24) is 0 Å². The predicted octanol–water partition coefficient (Wildman–Crippen LogP) is 5.21. The number of allylic oxidation sites excluding steroid dienone is 2. The zero-order valence-electron chi connectivity index (χ0n) is 12.8. The van der Waals surface area contributed by atoms with Gasteiger partial charge < -0.3 is 4.74 Å². The Morgan fingerprint density at radius 1 is 1.38 bits per heavy atom. The van der Waals surface area contributed by atoms with Crippen LogP contribution in [-0.2, 0) is 16.1 Å². The fourth-order valence-electron chi connectivity index (χ4n) is 2.58. The van der Waals surface area contributed by atoms with E-state index in [4.69, 9.17) is 16.3 Å². The van der Waals surface area contributed by atoms with Gasteiger partial charge in [0, 0.05) is 10.6 Å². The van der Waals surface area contributed by atoms with E-state index < -0.39 is 41.0 Å². The van der Waals surface area contributed by atoms with Crippen LogP contribution >= 0.6 is 11.6 Å². The highest BCUT2D eigenvalue weighted by Gasteiger charge is 2.62. The Bertz CT molecular complexity index is 682. The molecule has 1 aromatic rings. The number of carbonyl (C=O) groups is 1. The highest BCUT2D eigenvalue weighted by Crippen LogP contribution is 2.60. The average molecular weight is 369 g/mol. The van der Waals surface area contributed by atoms with Crippen molar-refractivity contribution in [3.05, 3.63) is 46.5 Å². The lowest BCUT2D eigenvalue weighted by molar-refractivity contribution is -0.147. The normalized spacial score (nSPS) is 23.1. The van der Waals surface area contributed by atoms with Crippen LogP contribution in [0.3, 0.4) is 0 Å². The average Bonchev–Trinajstić information content (AvgIpc) is 2.99. The second-order valence-electron chi connectivity index (χ2n) is 6.18. The van der Waals surface area contributed by atoms with E-state index in [1.807, 2.05) is 0 Å². The van der Waals surface area contributed by atoms with E-state index in [2.05, 4.69) is 0 Å². The van der Waals surface area contributed by atoms with Crippen molar-refractivity contribution in [3.63, 3.8) is 0 Å². The number of alkyl halides is 3. The van der Waals surface area contributed by atoms with E-state index in [1.54, 1.807) is 13.8 Å². The molecule has 24 heavy (non-hydrogen) atoms. The van der Waals surface area contributed by atoms with Crippen molar-refractivity contribution in [3.8, 4) is 0 Å². The molecule has 0 radical (unpaired) electrons. The molecule has 8 heteroatoms. The van der Waals surface area contributed by atoms with Crippen LogP contribution in [0.4, 0.5) is 22.0 Å². The van der Waals surface area contributed by atoms with Crippen molar-refractivity contribution in [2.75, 3.05) is 0 Å². The molecule has 0 heterocycles. The van der Waals surface area contributed by atoms with Crippen molar-refractivity contribution < 1.29 is 31.5 Å². The Kier molecular flexibility index (Phi) is 4.95. The lowest BCUT2D eigenvalue weighted by Gasteiger charge is -2.07. The van der Waals surface area contributed by atoms with Gasteiger partial charge in [-0.15, -0.1) is 0 Å². The summed E-state index contributed by atoms with van der Waals surface area (Å²) in [6.07, 6.45) is -4.68. The Labute approximate surface area is 140 Å². The third-order valence-corrected chi connectivity index (χ3v) is 4.51. The van der Waals surface area contributed by atoms with Gasteiger partial charge in [-0.2, -0.15) is 13.2 Å². The van der Waals surface area contributed by atoms with Gasteiger partial charge in [0.1, 0.15) is 12.4 Å². The lowest BCUT2D eigenvalue weighted by atomic mass is 10.1. The number of esters is 1. The molecule has 0 aliphatic heterocycles. The summed E-state index contributed by atoms with van der Waals surface area (Å²) >= 11 is 5.84. The van der Waals surface area contributed by atoms with Crippen molar-refractivity contribution in [1.29, 1.82) is 0 Å². The number of hydrogen-bond acceptors (Lipinski definition) is 2. The maximum absolute atomic E-state index is 13.1. The van der Waals surface area contributed by atoms with E-state index >= 15 is 0 Å². The number of halogens is 6. The summed E-state index contributed by atoms with van der Waals surface area (Å²) in [6, 6.07) is 3.53. The van der Waals surface area contributed by atoms with E-state index in [9.17, 15) is 26.7 Å². The number of hydrogen-bond donors (Lipinski definition) is 0. The van der Waals surface area contributed by atoms with Gasteiger partial charge in [-0.1, -0.05) is 25.4 Å². The molecule has 0 spiro atoms. The van der Waals surface area contributed by atoms with Crippen LogP contribution in [0.1, 0.15) is 19.4 Å². The molecule has 2 nitrogen and oxygen atoms in total. The Hall–Kier alpha value is -1.63. The summed E-state index contributed by atoms with van der Waals surface area (Å²) in [5.41, 5.74) is -0.622. The molecule has 1 fully saturated rings. The molecule has 1 aliphatic carbocycles. The first-order valence-corrected chi connectivity index (χ1v) is 7.37. The molecule has 0 saturated heterocycles. The zero-order chi connectivity index (χ0) is 18.3. The number of carbonyl (C=O) groups excluding carboxylic acids is 1. The van der Waals surface area contributed by atoms with Crippen LogP contribution in [-0.4, -0.2) is 12.1 Å². The van der Waals surface area contributed by atoms with Gasteiger partial charge in [0.15, 0.2) is 5.83 Å². The predicted molar refractivity (Wildman–Crippen MR) is 77.2 cm³/mol. The minimum absolute atomic E-state index is 0.193. The first-order chi connectivity index (χ1) is 10.9. The van der Waals surface area contributed by atoms with Crippen LogP contribution in [0.2, 0.25) is 5.02 Å². The third kappa shape index (κ3) is 3.88. The van der Waals surface area contributed by atoms with Crippen LogP contribution in [0.15, 0.2) is 30.1 Å². The fraction of sp³-hybridized carbons (Fsp3) is 0.438. The second-order valence-corrected chi connectivity index (χ2v) is 6.59. The first kappa shape index (κ1) is 18.7. The van der Waals surface area contributed by atoms with E-state index in [0.29, 0.717) is 6.08 Å². The first-order valence-electron chi connectivity index (χ1n) is 6.99. The molecule has 2 rings (SSSR count). The summed E-state index contributed by atoms with van der Waals surface area (Å²) < 4.78 is 68.0. The Morgan fingerprint density at radius 3 is 2.58 bits per heavy atom. The molecule has 0 N–H and O–H groups in total. The van der Waals surface area contributed by atoms with E-state index in [1.165, 1.54) is 6.07 Å². The number of benzene rings is 1. The summed E-state index contributed by atoms with van der Waals surface area (Å²) in [6.45, 7) is 2.76. The maximum Gasteiger partial charge on any atom is 0.442 e. The van der Waals surface area contributed by atoms with Gasteiger partial charge in [0.2, 0.25) is 0 Å². The van der Waals surface area contributed by atoms with Crippen molar-refractivity contribution >= 4 is 17.6 Å². The number of rotatable bonds is 4. The van der Waals surface area contributed by atoms with Gasteiger partial charge >= 0.3 is 12.1 Å². The minimum atomic E-state index is -5.08. The summed E-state index contributed by atoms with van der Waals surface area (Å²) in [5.74, 6) is -5.40. The Morgan fingerprint density at radius 2 is 2.00 bits per heavy atom. The topological polar surface area (TPSA) is 26.3 Å². The minimum Gasteiger partial charge on any atom is -0.461 e. The second kappa shape index (κ2) is 6.35. The third-order valence-electron chi connectivity index (χ3n) is 4.14. The highest BCUT2D eigenvalue weighted by atomic mass is 35.5.